The third kappa shape index (κ3) is 4.31. The van der Waals surface area contributed by atoms with E-state index in [4.69, 9.17) is 0 Å². The van der Waals surface area contributed by atoms with Gasteiger partial charge in [0.2, 0.25) is 0 Å². The van der Waals surface area contributed by atoms with Crippen LogP contribution < -0.4 is 4.90 Å². The number of aromatic nitrogens is 2. The van der Waals surface area contributed by atoms with E-state index >= 15 is 0 Å². The van der Waals surface area contributed by atoms with Crippen molar-refractivity contribution in [3.8, 4) is 0 Å². The Kier molecular flexibility index (Phi) is 4.29. The standard InChI is InChI=1S/C11H14BrF3N4/c1-8-16-9(12)6-10(17-8)19-4-2-18(3-5-19)7-11(13,14)15/h6H,2-5,7H2,1H3. The first-order chi connectivity index (χ1) is 8.83. The highest BCUT2D eigenvalue weighted by molar-refractivity contribution is 9.10. The number of alkyl halides is 3. The van der Waals surface area contributed by atoms with Gasteiger partial charge in [-0.25, -0.2) is 9.97 Å². The molecule has 0 unspecified atom stereocenters. The highest BCUT2D eigenvalue weighted by Gasteiger charge is 2.32. The number of halogens is 4. The third-order valence-corrected chi connectivity index (χ3v) is 3.30. The maximum absolute atomic E-state index is 12.3. The number of nitrogens with zero attached hydrogens (tertiary/aromatic N) is 4. The largest absolute Gasteiger partial charge is 0.401 e. The van der Waals surface area contributed by atoms with Gasteiger partial charge in [0.05, 0.1) is 6.54 Å². The molecule has 0 amide bonds. The Morgan fingerprint density at radius 2 is 1.84 bits per heavy atom. The van der Waals surface area contributed by atoms with Gasteiger partial charge in [0.15, 0.2) is 0 Å². The molecule has 1 fully saturated rings. The van der Waals surface area contributed by atoms with Crippen LogP contribution in [0.4, 0.5) is 19.0 Å². The Bertz CT molecular complexity index is 424. The van der Waals surface area contributed by atoms with Crippen molar-refractivity contribution in [2.45, 2.75) is 13.1 Å². The van der Waals surface area contributed by atoms with Crippen molar-refractivity contribution in [3.05, 3.63) is 16.5 Å². The summed E-state index contributed by atoms with van der Waals surface area (Å²) in [5, 5.41) is 0. The Balaban J connectivity index is 1.96. The molecule has 19 heavy (non-hydrogen) atoms. The van der Waals surface area contributed by atoms with Crippen molar-refractivity contribution >= 4 is 21.7 Å². The normalized spacial score (nSPS) is 17.8. The molecule has 0 atom stereocenters. The predicted octanol–water partition coefficient (Wildman–Crippen LogP) is 2.23. The molecule has 0 saturated carbocycles. The molecule has 0 N–H and O–H groups in total. The number of hydrogen-bond acceptors (Lipinski definition) is 4. The van der Waals surface area contributed by atoms with E-state index in [0.29, 0.717) is 36.6 Å². The molecular formula is C11H14BrF3N4. The summed E-state index contributed by atoms with van der Waals surface area (Å²) in [6.07, 6.45) is -4.13. The Morgan fingerprint density at radius 1 is 1.21 bits per heavy atom. The molecule has 0 bridgehead atoms. The summed E-state index contributed by atoms with van der Waals surface area (Å²) in [5.74, 6) is 1.40. The first-order valence-corrected chi connectivity index (χ1v) is 6.68. The molecule has 1 aromatic rings. The molecular weight excluding hydrogens is 325 g/mol. The Hall–Kier alpha value is -0.890. The minimum Gasteiger partial charge on any atom is -0.354 e. The molecule has 1 aliphatic rings. The number of anilines is 1. The summed E-state index contributed by atoms with van der Waals surface area (Å²) in [5.41, 5.74) is 0. The van der Waals surface area contributed by atoms with Crippen LogP contribution in [0.15, 0.2) is 10.7 Å². The lowest BCUT2D eigenvalue weighted by atomic mass is 10.3. The summed E-state index contributed by atoms with van der Waals surface area (Å²) in [7, 11) is 0. The SMILES string of the molecule is Cc1nc(Br)cc(N2CCN(CC(F)(F)F)CC2)n1. The van der Waals surface area contributed by atoms with E-state index in [2.05, 4.69) is 25.9 Å². The van der Waals surface area contributed by atoms with Crippen molar-refractivity contribution in [1.82, 2.24) is 14.9 Å². The van der Waals surface area contributed by atoms with Gasteiger partial charge >= 0.3 is 6.18 Å². The van der Waals surface area contributed by atoms with Crippen molar-refractivity contribution in [3.63, 3.8) is 0 Å². The number of aryl methyl sites for hydroxylation is 1. The number of hydrogen-bond donors (Lipinski definition) is 0. The molecule has 2 heterocycles. The van der Waals surface area contributed by atoms with E-state index in [-0.39, 0.29) is 0 Å². The fraction of sp³-hybridized carbons (Fsp3) is 0.636. The topological polar surface area (TPSA) is 32.3 Å². The van der Waals surface area contributed by atoms with E-state index in [1.165, 1.54) is 4.90 Å². The van der Waals surface area contributed by atoms with Gasteiger partial charge in [-0.3, -0.25) is 4.90 Å². The van der Waals surface area contributed by atoms with Crippen molar-refractivity contribution in [2.24, 2.45) is 0 Å². The molecule has 106 valence electrons. The molecule has 4 nitrogen and oxygen atoms in total. The quantitative estimate of drug-likeness (QED) is 0.774. The zero-order valence-corrected chi connectivity index (χ0v) is 12.0. The summed E-state index contributed by atoms with van der Waals surface area (Å²) in [6.45, 7) is 2.81. The smallest absolute Gasteiger partial charge is 0.354 e. The van der Waals surface area contributed by atoms with Gasteiger partial charge in [-0.05, 0) is 22.9 Å². The first-order valence-electron chi connectivity index (χ1n) is 5.89. The third-order valence-electron chi connectivity index (χ3n) is 2.89. The first kappa shape index (κ1) is 14.5. The van der Waals surface area contributed by atoms with Crippen LogP contribution in [-0.2, 0) is 0 Å². The highest BCUT2D eigenvalue weighted by Crippen LogP contribution is 2.20. The van der Waals surface area contributed by atoms with Crippen molar-refractivity contribution < 1.29 is 13.2 Å². The Morgan fingerprint density at radius 3 is 2.37 bits per heavy atom. The molecule has 2 rings (SSSR count). The average Bonchev–Trinajstić information content (AvgIpc) is 2.26. The van der Waals surface area contributed by atoms with Gasteiger partial charge < -0.3 is 4.90 Å². The van der Waals surface area contributed by atoms with Crippen LogP contribution in [0.2, 0.25) is 0 Å². The van der Waals surface area contributed by atoms with Crippen LogP contribution in [0.25, 0.3) is 0 Å². The van der Waals surface area contributed by atoms with Crippen LogP contribution in [0.3, 0.4) is 0 Å². The zero-order valence-electron chi connectivity index (χ0n) is 10.4. The highest BCUT2D eigenvalue weighted by atomic mass is 79.9. The van der Waals surface area contributed by atoms with Crippen LogP contribution in [-0.4, -0.2) is 53.8 Å². The number of piperazine rings is 1. The molecule has 0 spiro atoms. The molecule has 1 saturated heterocycles. The van der Waals surface area contributed by atoms with E-state index in [1.54, 1.807) is 13.0 Å². The molecule has 8 heteroatoms. The monoisotopic (exact) mass is 338 g/mol. The van der Waals surface area contributed by atoms with E-state index in [0.717, 1.165) is 5.82 Å². The lowest BCUT2D eigenvalue weighted by Crippen LogP contribution is -2.49. The van der Waals surface area contributed by atoms with Gasteiger partial charge in [0, 0.05) is 32.2 Å². The molecule has 0 aromatic carbocycles. The van der Waals surface area contributed by atoms with E-state index < -0.39 is 12.7 Å². The predicted molar refractivity (Wildman–Crippen MR) is 69.2 cm³/mol. The summed E-state index contributed by atoms with van der Waals surface area (Å²) >= 11 is 3.29. The maximum atomic E-state index is 12.3. The van der Waals surface area contributed by atoms with Gasteiger partial charge in [0.25, 0.3) is 0 Å². The fourth-order valence-electron chi connectivity index (χ4n) is 2.07. The van der Waals surface area contributed by atoms with Gasteiger partial charge in [0.1, 0.15) is 16.2 Å². The minimum absolute atomic E-state index is 0.389. The van der Waals surface area contributed by atoms with Crippen molar-refractivity contribution in [1.29, 1.82) is 0 Å². The second-order valence-electron chi connectivity index (χ2n) is 4.47. The zero-order chi connectivity index (χ0) is 14.0. The van der Waals surface area contributed by atoms with E-state index in [9.17, 15) is 13.2 Å². The Labute approximate surface area is 117 Å². The second-order valence-corrected chi connectivity index (χ2v) is 5.29. The average molecular weight is 339 g/mol. The number of rotatable bonds is 2. The van der Waals surface area contributed by atoms with Gasteiger partial charge in [-0.15, -0.1) is 0 Å². The minimum atomic E-state index is -4.13. The summed E-state index contributed by atoms with van der Waals surface area (Å²) in [4.78, 5) is 11.8. The lowest BCUT2D eigenvalue weighted by Gasteiger charge is -2.35. The molecule has 1 aromatic heterocycles. The summed E-state index contributed by atoms with van der Waals surface area (Å²) in [6, 6.07) is 1.78. The molecule has 1 aliphatic heterocycles. The molecule has 0 radical (unpaired) electrons. The van der Waals surface area contributed by atoms with Gasteiger partial charge in [-0.2, -0.15) is 13.2 Å². The van der Waals surface area contributed by atoms with Crippen molar-refractivity contribution in [2.75, 3.05) is 37.6 Å². The summed E-state index contributed by atoms with van der Waals surface area (Å²) < 4.78 is 37.5. The van der Waals surface area contributed by atoms with Crippen LogP contribution in [0.1, 0.15) is 5.82 Å². The molecule has 0 aliphatic carbocycles. The maximum Gasteiger partial charge on any atom is 0.401 e. The van der Waals surface area contributed by atoms with Crippen LogP contribution >= 0.6 is 15.9 Å². The van der Waals surface area contributed by atoms with Crippen LogP contribution in [0, 0.1) is 6.92 Å². The van der Waals surface area contributed by atoms with Gasteiger partial charge in [-0.1, -0.05) is 0 Å². The fourth-order valence-corrected chi connectivity index (χ4v) is 2.53. The van der Waals surface area contributed by atoms with E-state index in [1.807, 2.05) is 4.90 Å². The van der Waals surface area contributed by atoms with Crippen LogP contribution in [0.5, 0.6) is 0 Å². The second kappa shape index (κ2) is 5.62. The lowest BCUT2D eigenvalue weighted by molar-refractivity contribution is -0.146.